The van der Waals surface area contributed by atoms with Gasteiger partial charge in [0.05, 0.1) is 6.04 Å². The van der Waals surface area contributed by atoms with Crippen LogP contribution < -0.4 is 16.6 Å². The van der Waals surface area contributed by atoms with Crippen molar-refractivity contribution in [3.05, 3.63) is 53.5 Å². The first-order valence-corrected chi connectivity index (χ1v) is 6.82. The number of hydrogen-bond donors (Lipinski definition) is 3. The Balaban J connectivity index is 2.16. The van der Waals surface area contributed by atoms with Gasteiger partial charge >= 0.3 is 0 Å². The second-order valence-corrected chi connectivity index (χ2v) is 4.71. The lowest BCUT2D eigenvalue weighted by Gasteiger charge is -2.14. The molecule has 1 unspecified atom stereocenters. The molecule has 1 atom stereocenters. The van der Waals surface area contributed by atoms with E-state index in [4.69, 9.17) is 5.84 Å². The van der Waals surface area contributed by atoms with Crippen LogP contribution in [0.25, 0.3) is 0 Å². The number of nitrogens with two attached hydrogens (primary N) is 1. The third-order valence-corrected chi connectivity index (χ3v) is 3.18. The molecule has 0 bridgehead atoms. The van der Waals surface area contributed by atoms with Crippen LogP contribution >= 0.6 is 0 Å². The van der Waals surface area contributed by atoms with Crippen LogP contribution in [0.2, 0.25) is 0 Å². The molecule has 2 aromatic heterocycles. The molecule has 0 saturated carbocycles. The van der Waals surface area contributed by atoms with Gasteiger partial charge in [-0.3, -0.25) is 9.78 Å². The van der Waals surface area contributed by atoms with Crippen LogP contribution in [0.4, 0.5) is 5.82 Å². The fraction of sp³-hybridized carbons (Fsp3) is 0.267. The molecule has 0 radical (unpaired) electrons. The number of hydrogen-bond acceptors (Lipinski definition) is 5. The predicted octanol–water partition coefficient (Wildman–Crippen LogP) is 1.82. The topological polar surface area (TPSA) is 92.9 Å². The van der Waals surface area contributed by atoms with Crippen LogP contribution in [0.15, 0.2) is 36.7 Å². The Labute approximate surface area is 123 Å². The van der Waals surface area contributed by atoms with Crippen molar-refractivity contribution >= 4 is 11.7 Å². The smallest absolute Gasteiger partial charge is 0.251 e. The van der Waals surface area contributed by atoms with Gasteiger partial charge in [-0.15, -0.1) is 0 Å². The molecule has 6 nitrogen and oxygen atoms in total. The van der Waals surface area contributed by atoms with Gasteiger partial charge < -0.3 is 10.7 Å². The first-order chi connectivity index (χ1) is 10.1. The fourth-order valence-electron chi connectivity index (χ4n) is 1.97. The maximum Gasteiger partial charge on any atom is 0.251 e. The zero-order valence-electron chi connectivity index (χ0n) is 12.1. The summed E-state index contributed by atoms with van der Waals surface area (Å²) in [5.41, 5.74) is 4.78. The Morgan fingerprint density at radius 1 is 1.43 bits per heavy atom. The number of rotatable bonds is 5. The van der Waals surface area contributed by atoms with Crippen LogP contribution in [-0.2, 0) is 6.42 Å². The molecule has 0 aliphatic carbocycles. The summed E-state index contributed by atoms with van der Waals surface area (Å²) in [6, 6.07) is 7.04. The van der Waals surface area contributed by atoms with E-state index in [2.05, 4.69) is 20.7 Å². The van der Waals surface area contributed by atoms with E-state index in [1.54, 1.807) is 24.5 Å². The highest BCUT2D eigenvalue weighted by Gasteiger charge is 2.13. The summed E-state index contributed by atoms with van der Waals surface area (Å²) in [5, 5.41) is 2.94. The minimum atomic E-state index is -0.167. The lowest BCUT2D eigenvalue weighted by atomic mass is 10.1. The quantitative estimate of drug-likeness (QED) is 0.575. The maximum absolute atomic E-state index is 12.3. The van der Waals surface area contributed by atoms with Gasteiger partial charge in [0.25, 0.3) is 5.91 Å². The van der Waals surface area contributed by atoms with Crippen molar-refractivity contribution in [2.45, 2.75) is 26.3 Å². The molecule has 0 aliphatic rings. The van der Waals surface area contributed by atoms with Crippen LogP contribution in [-0.4, -0.2) is 15.9 Å². The van der Waals surface area contributed by atoms with E-state index in [9.17, 15) is 4.79 Å². The standard InChI is InChI=1S/C15H19N5O/c1-3-13-7-12(8-14(19-13)20-16)15(21)18-10(2)11-5-4-6-17-9-11/h4-10H,3,16H2,1-2H3,(H,18,21)(H,19,20). The minimum absolute atomic E-state index is 0.126. The number of pyridine rings is 2. The molecular formula is C15H19N5O. The molecule has 2 rings (SSSR count). The Morgan fingerprint density at radius 2 is 2.24 bits per heavy atom. The molecule has 0 saturated heterocycles. The Morgan fingerprint density at radius 3 is 2.86 bits per heavy atom. The summed E-state index contributed by atoms with van der Waals surface area (Å²) in [6.45, 7) is 3.89. The van der Waals surface area contributed by atoms with E-state index < -0.39 is 0 Å². The highest BCUT2D eigenvalue weighted by molar-refractivity contribution is 5.95. The van der Waals surface area contributed by atoms with Crippen LogP contribution in [0.1, 0.15) is 41.5 Å². The highest BCUT2D eigenvalue weighted by atomic mass is 16.1. The number of anilines is 1. The minimum Gasteiger partial charge on any atom is -0.345 e. The van der Waals surface area contributed by atoms with Crippen molar-refractivity contribution in [2.24, 2.45) is 5.84 Å². The largest absolute Gasteiger partial charge is 0.345 e. The summed E-state index contributed by atoms with van der Waals surface area (Å²) in [4.78, 5) is 20.7. The normalized spacial score (nSPS) is 11.8. The molecule has 0 fully saturated rings. The summed E-state index contributed by atoms with van der Waals surface area (Å²) in [7, 11) is 0. The zero-order valence-corrected chi connectivity index (χ0v) is 12.1. The van der Waals surface area contributed by atoms with E-state index in [1.165, 1.54) is 0 Å². The van der Waals surface area contributed by atoms with Crippen molar-refractivity contribution in [3.63, 3.8) is 0 Å². The maximum atomic E-state index is 12.3. The number of nitrogens with zero attached hydrogens (tertiary/aromatic N) is 2. The molecule has 6 heteroatoms. The summed E-state index contributed by atoms with van der Waals surface area (Å²) < 4.78 is 0. The SMILES string of the molecule is CCc1cc(C(=O)NC(C)c2cccnc2)cc(NN)n1. The van der Waals surface area contributed by atoms with Crippen molar-refractivity contribution < 1.29 is 4.79 Å². The number of aromatic nitrogens is 2. The van der Waals surface area contributed by atoms with Gasteiger partial charge in [-0.25, -0.2) is 10.8 Å². The van der Waals surface area contributed by atoms with E-state index >= 15 is 0 Å². The number of hydrazine groups is 1. The average Bonchev–Trinajstić information content (AvgIpc) is 2.54. The number of carbonyl (C=O) groups is 1. The summed E-state index contributed by atoms with van der Waals surface area (Å²) >= 11 is 0. The Kier molecular flexibility index (Phi) is 4.84. The monoisotopic (exact) mass is 285 g/mol. The van der Waals surface area contributed by atoms with Crippen LogP contribution in [0.3, 0.4) is 0 Å². The molecule has 0 spiro atoms. The van der Waals surface area contributed by atoms with Gasteiger partial charge in [-0.05, 0) is 37.1 Å². The van der Waals surface area contributed by atoms with E-state index in [0.29, 0.717) is 11.4 Å². The molecule has 21 heavy (non-hydrogen) atoms. The van der Waals surface area contributed by atoms with Crippen molar-refractivity contribution in [1.82, 2.24) is 15.3 Å². The lowest BCUT2D eigenvalue weighted by Crippen LogP contribution is -2.27. The molecule has 4 N–H and O–H groups in total. The number of amides is 1. The first-order valence-electron chi connectivity index (χ1n) is 6.82. The Bertz CT molecular complexity index is 592. The average molecular weight is 285 g/mol. The molecule has 2 aromatic rings. The lowest BCUT2D eigenvalue weighted by molar-refractivity contribution is 0.0939. The first kappa shape index (κ1) is 14.9. The third-order valence-electron chi connectivity index (χ3n) is 3.18. The zero-order chi connectivity index (χ0) is 15.2. The summed E-state index contributed by atoms with van der Waals surface area (Å²) in [6.07, 6.45) is 4.17. The summed E-state index contributed by atoms with van der Waals surface area (Å²) in [5.74, 6) is 5.70. The van der Waals surface area contributed by atoms with E-state index in [0.717, 1.165) is 17.7 Å². The predicted molar refractivity (Wildman–Crippen MR) is 81.5 cm³/mol. The van der Waals surface area contributed by atoms with Gasteiger partial charge in [-0.2, -0.15) is 0 Å². The molecule has 2 heterocycles. The third kappa shape index (κ3) is 3.76. The van der Waals surface area contributed by atoms with Gasteiger partial charge in [0.15, 0.2) is 0 Å². The number of nitrogens with one attached hydrogen (secondary N) is 2. The van der Waals surface area contributed by atoms with Gasteiger partial charge in [0.2, 0.25) is 0 Å². The molecule has 110 valence electrons. The second-order valence-electron chi connectivity index (χ2n) is 4.71. The number of carbonyl (C=O) groups excluding carboxylic acids is 1. The molecule has 0 aromatic carbocycles. The number of aryl methyl sites for hydroxylation is 1. The second kappa shape index (κ2) is 6.81. The van der Waals surface area contributed by atoms with E-state index in [-0.39, 0.29) is 11.9 Å². The van der Waals surface area contributed by atoms with Crippen molar-refractivity contribution in [3.8, 4) is 0 Å². The van der Waals surface area contributed by atoms with Crippen LogP contribution in [0.5, 0.6) is 0 Å². The van der Waals surface area contributed by atoms with Crippen LogP contribution in [0, 0.1) is 0 Å². The highest BCUT2D eigenvalue weighted by Crippen LogP contribution is 2.14. The number of nitrogen functional groups attached to an aromatic ring is 1. The molecular weight excluding hydrogens is 266 g/mol. The molecule has 0 aliphatic heterocycles. The molecule has 1 amide bonds. The van der Waals surface area contributed by atoms with Crippen molar-refractivity contribution in [2.75, 3.05) is 5.43 Å². The van der Waals surface area contributed by atoms with Crippen molar-refractivity contribution in [1.29, 1.82) is 0 Å². The Hall–Kier alpha value is -2.47. The fourth-order valence-corrected chi connectivity index (χ4v) is 1.97. The van der Waals surface area contributed by atoms with Gasteiger partial charge in [0, 0.05) is 23.7 Å². The van der Waals surface area contributed by atoms with E-state index in [1.807, 2.05) is 26.0 Å². The van der Waals surface area contributed by atoms with Gasteiger partial charge in [-0.1, -0.05) is 13.0 Å². The van der Waals surface area contributed by atoms with Gasteiger partial charge in [0.1, 0.15) is 5.82 Å².